The van der Waals surface area contributed by atoms with Crippen molar-refractivity contribution in [1.82, 2.24) is 0 Å². The molecule has 2 aromatic carbocycles. The van der Waals surface area contributed by atoms with Crippen LogP contribution in [-0.2, 0) is 6.61 Å². The Bertz CT molecular complexity index is 704. The Morgan fingerprint density at radius 1 is 1.29 bits per heavy atom. The van der Waals surface area contributed by atoms with E-state index in [0.717, 1.165) is 0 Å². The maximum absolute atomic E-state index is 13.0. The molecule has 0 amide bonds. The average Bonchev–Trinajstić information content (AvgIpc) is 2.92. The molecule has 3 rings (SSSR count). The number of halogens is 1. The van der Waals surface area contributed by atoms with Crippen LogP contribution >= 0.6 is 0 Å². The van der Waals surface area contributed by atoms with E-state index in [9.17, 15) is 14.5 Å². The van der Waals surface area contributed by atoms with Crippen molar-refractivity contribution in [3.8, 4) is 17.2 Å². The molecule has 0 saturated carbocycles. The first-order chi connectivity index (χ1) is 10.1. The zero-order valence-corrected chi connectivity index (χ0v) is 10.7. The van der Waals surface area contributed by atoms with E-state index in [1.165, 1.54) is 24.3 Å². The van der Waals surface area contributed by atoms with Crippen molar-refractivity contribution in [3.63, 3.8) is 0 Å². The summed E-state index contributed by atoms with van der Waals surface area (Å²) in [6.45, 7) is 0.00527. The Labute approximate surface area is 118 Å². The first-order valence-electron chi connectivity index (χ1n) is 6.09. The molecule has 1 aliphatic heterocycles. The standard InChI is InChI=1S/C14H10FNO5/c15-10-2-1-3-11(6-10)19-7-9-4-12(16(17)18)14-13(5-9)20-8-21-14/h1-6H,7-8H2. The number of nitro groups is 1. The van der Waals surface area contributed by atoms with Gasteiger partial charge in [0.2, 0.25) is 12.5 Å². The van der Waals surface area contributed by atoms with Gasteiger partial charge in [-0.25, -0.2) is 4.39 Å². The van der Waals surface area contributed by atoms with Crippen LogP contribution in [0.4, 0.5) is 10.1 Å². The lowest BCUT2D eigenvalue weighted by atomic mass is 10.2. The van der Waals surface area contributed by atoms with Crippen LogP contribution in [0.2, 0.25) is 0 Å². The van der Waals surface area contributed by atoms with Gasteiger partial charge in [-0.15, -0.1) is 0 Å². The third-order valence-corrected chi connectivity index (χ3v) is 2.91. The number of hydrogen-bond acceptors (Lipinski definition) is 5. The summed E-state index contributed by atoms with van der Waals surface area (Å²) in [5.74, 6) is 0.357. The van der Waals surface area contributed by atoms with Gasteiger partial charge in [0.1, 0.15) is 18.2 Å². The highest BCUT2D eigenvalue weighted by atomic mass is 19.1. The highest BCUT2D eigenvalue weighted by molar-refractivity contribution is 5.59. The molecule has 0 fully saturated rings. The molecule has 0 saturated heterocycles. The van der Waals surface area contributed by atoms with Crippen molar-refractivity contribution in [2.45, 2.75) is 6.61 Å². The summed E-state index contributed by atoms with van der Waals surface area (Å²) in [6.07, 6.45) is 0. The van der Waals surface area contributed by atoms with Gasteiger partial charge in [-0.2, -0.15) is 0 Å². The van der Waals surface area contributed by atoms with Crippen LogP contribution in [0.25, 0.3) is 0 Å². The number of fused-ring (bicyclic) bond motifs is 1. The molecule has 0 aromatic heterocycles. The maximum atomic E-state index is 13.0. The fourth-order valence-electron chi connectivity index (χ4n) is 1.99. The first kappa shape index (κ1) is 13.2. The van der Waals surface area contributed by atoms with Crippen molar-refractivity contribution in [3.05, 3.63) is 57.9 Å². The molecular formula is C14H10FNO5. The largest absolute Gasteiger partial charge is 0.489 e. The summed E-state index contributed by atoms with van der Waals surface area (Å²) in [5.41, 5.74) is 0.359. The van der Waals surface area contributed by atoms with Gasteiger partial charge in [0.05, 0.1) is 4.92 Å². The third-order valence-electron chi connectivity index (χ3n) is 2.91. The molecule has 0 unspecified atom stereocenters. The molecule has 0 atom stereocenters. The van der Waals surface area contributed by atoms with Crippen molar-refractivity contribution in [1.29, 1.82) is 0 Å². The molecule has 7 heteroatoms. The van der Waals surface area contributed by atoms with E-state index in [1.807, 2.05) is 0 Å². The van der Waals surface area contributed by atoms with Crippen LogP contribution in [0.3, 0.4) is 0 Å². The summed E-state index contributed by atoms with van der Waals surface area (Å²) in [6, 6.07) is 8.62. The summed E-state index contributed by atoms with van der Waals surface area (Å²) in [5, 5.41) is 11.0. The number of nitro benzene ring substituents is 1. The molecule has 0 aliphatic carbocycles. The minimum Gasteiger partial charge on any atom is -0.489 e. The zero-order chi connectivity index (χ0) is 14.8. The van der Waals surface area contributed by atoms with Gasteiger partial charge in [-0.1, -0.05) is 6.07 Å². The smallest absolute Gasteiger partial charge is 0.315 e. The Morgan fingerprint density at radius 2 is 2.14 bits per heavy atom. The Morgan fingerprint density at radius 3 is 2.90 bits per heavy atom. The normalized spacial score (nSPS) is 12.2. The molecule has 0 radical (unpaired) electrons. The van der Waals surface area contributed by atoms with E-state index in [1.54, 1.807) is 12.1 Å². The van der Waals surface area contributed by atoms with E-state index in [4.69, 9.17) is 14.2 Å². The van der Waals surface area contributed by atoms with E-state index >= 15 is 0 Å². The molecule has 0 spiro atoms. The van der Waals surface area contributed by atoms with E-state index < -0.39 is 10.7 Å². The highest BCUT2D eigenvalue weighted by Gasteiger charge is 2.26. The van der Waals surface area contributed by atoms with E-state index in [2.05, 4.69) is 0 Å². The average molecular weight is 291 g/mol. The fraction of sp³-hybridized carbons (Fsp3) is 0.143. The van der Waals surface area contributed by atoms with E-state index in [-0.39, 0.29) is 24.8 Å². The lowest BCUT2D eigenvalue weighted by molar-refractivity contribution is -0.385. The highest BCUT2D eigenvalue weighted by Crippen LogP contribution is 2.41. The van der Waals surface area contributed by atoms with Crippen molar-refractivity contribution in [2.75, 3.05) is 6.79 Å². The summed E-state index contributed by atoms with van der Waals surface area (Å²) < 4.78 is 28.7. The molecule has 6 nitrogen and oxygen atoms in total. The van der Waals surface area contributed by atoms with Gasteiger partial charge in [0.15, 0.2) is 5.75 Å². The molecule has 1 heterocycles. The second kappa shape index (κ2) is 5.28. The van der Waals surface area contributed by atoms with Crippen molar-refractivity contribution < 1.29 is 23.5 Å². The Hall–Kier alpha value is -2.83. The Balaban J connectivity index is 1.83. The summed E-state index contributed by atoms with van der Waals surface area (Å²) >= 11 is 0. The van der Waals surface area contributed by atoms with Gasteiger partial charge < -0.3 is 14.2 Å². The van der Waals surface area contributed by atoms with Crippen LogP contribution in [0.5, 0.6) is 17.2 Å². The topological polar surface area (TPSA) is 70.8 Å². The van der Waals surface area contributed by atoms with Gasteiger partial charge in [0.25, 0.3) is 0 Å². The number of rotatable bonds is 4. The molecule has 0 bridgehead atoms. The second-order valence-corrected chi connectivity index (χ2v) is 4.35. The SMILES string of the molecule is O=[N+]([O-])c1cc(COc2cccc(F)c2)cc2c1OCO2. The minimum absolute atomic E-state index is 0.0512. The molecule has 1 aliphatic rings. The van der Waals surface area contributed by atoms with Gasteiger partial charge in [0, 0.05) is 17.7 Å². The third kappa shape index (κ3) is 2.71. The van der Waals surface area contributed by atoms with Crippen LogP contribution < -0.4 is 14.2 Å². The molecule has 21 heavy (non-hydrogen) atoms. The second-order valence-electron chi connectivity index (χ2n) is 4.35. The fourth-order valence-corrected chi connectivity index (χ4v) is 1.99. The predicted molar refractivity (Wildman–Crippen MR) is 70.0 cm³/mol. The lowest BCUT2D eigenvalue weighted by Crippen LogP contribution is -1.98. The number of benzene rings is 2. The van der Waals surface area contributed by atoms with Crippen molar-refractivity contribution >= 4 is 5.69 Å². The Kier molecular flexibility index (Phi) is 3.31. The summed E-state index contributed by atoms with van der Waals surface area (Å²) in [4.78, 5) is 10.5. The monoisotopic (exact) mass is 291 g/mol. The lowest BCUT2D eigenvalue weighted by Gasteiger charge is -2.07. The van der Waals surface area contributed by atoms with Gasteiger partial charge in [-0.05, 0) is 18.2 Å². The van der Waals surface area contributed by atoms with Gasteiger partial charge in [-0.3, -0.25) is 10.1 Å². The van der Waals surface area contributed by atoms with Crippen LogP contribution in [0, 0.1) is 15.9 Å². The quantitative estimate of drug-likeness (QED) is 0.639. The first-order valence-corrected chi connectivity index (χ1v) is 6.09. The van der Waals surface area contributed by atoms with Crippen LogP contribution in [-0.4, -0.2) is 11.7 Å². The molecule has 2 aromatic rings. The number of hydrogen-bond donors (Lipinski definition) is 0. The predicted octanol–water partition coefficient (Wildman–Crippen LogP) is 3.04. The zero-order valence-electron chi connectivity index (χ0n) is 10.7. The van der Waals surface area contributed by atoms with E-state index in [0.29, 0.717) is 17.1 Å². The maximum Gasteiger partial charge on any atom is 0.315 e. The molecule has 108 valence electrons. The minimum atomic E-state index is -0.542. The molecule has 0 N–H and O–H groups in total. The van der Waals surface area contributed by atoms with Crippen LogP contribution in [0.15, 0.2) is 36.4 Å². The molecular weight excluding hydrogens is 281 g/mol. The van der Waals surface area contributed by atoms with Crippen molar-refractivity contribution in [2.24, 2.45) is 0 Å². The van der Waals surface area contributed by atoms with Crippen LogP contribution in [0.1, 0.15) is 5.56 Å². The summed E-state index contributed by atoms with van der Waals surface area (Å²) in [7, 11) is 0. The van der Waals surface area contributed by atoms with Gasteiger partial charge >= 0.3 is 5.69 Å². The number of ether oxygens (including phenoxy) is 3. The number of nitrogens with zero attached hydrogens (tertiary/aromatic N) is 1.